The summed E-state index contributed by atoms with van der Waals surface area (Å²) in [5, 5.41) is 14.4. The Morgan fingerprint density at radius 2 is 1.75 bits per heavy atom. The standard InChI is InChI=1S/C14H10Cl2N4O3S/c15-8-1-3-9(4-2-8)17-14(24)19-18-13(21)11-7-10(20(22)23)5-6-12(11)16/h1-7H,(H,18,21)(H2,17,19,24). The normalized spacial score (nSPS) is 9.92. The van der Waals surface area contributed by atoms with Gasteiger partial charge >= 0.3 is 0 Å². The number of halogens is 2. The molecular formula is C14H10Cl2N4O3S. The summed E-state index contributed by atoms with van der Waals surface area (Å²) in [5.41, 5.74) is 5.16. The molecule has 0 aliphatic carbocycles. The first-order valence-electron chi connectivity index (χ1n) is 6.43. The Labute approximate surface area is 152 Å². The van der Waals surface area contributed by atoms with Crippen LogP contribution in [0.25, 0.3) is 0 Å². The van der Waals surface area contributed by atoms with Gasteiger partial charge in [-0.3, -0.25) is 25.8 Å². The first-order valence-corrected chi connectivity index (χ1v) is 7.60. The third-order valence-corrected chi connectivity index (χ3v) is 3.58. The number of nitrogens with one attached hydrogen (secondary N) is 3. The maximum atomic E-state index is 12.1. The molecule has 7 nitrogen and oxygen atoms in total. The summed E-state index contributed by atoms with van der Waals surface area (Å²) in [6.07, 6.45) is 0. The SMILES string of the molecule is O=C(NNC(=S)Nc1ccc(Cl)cc1)c1cc([N+](=O)[O-])ccc1Cl. The number of nitrogens with zero attached hydrogens (tertiary/aromatic N) is 1. The molecule has 2 aromatic carbocycles. The molecular weight excluding hydrogens is 375 g/mol. The molecule has 2 aromatic rings. The molecule has 0 radical (unpaired) electrons. The number of rotatable bonds is 3. The van der Waals surface area contributed by atoms with Crippen LogP contribution in [0, 0.1) is 10.1 Å². The Hall–Kier alpha value is -2.42. The van der Waals surface area contributed by atoms with Crippen molar-refractivity contribution in [3.8, 4) is 0 Å². The van der Waals surface area contributed by atoms with Gasteiger partial charge in [0.05, 0.1) is 15.5 Å². The van der Waals surface area contributed by atoms with E-state index in [1.165, 1.54) is 12.1 Å². The molecule has 0 bridgehead atoms. The molecule has 0 atom stereocenters. The van der Waals surface area contributed by atoms with Gasteiger partial charge in [-0.05, 0) is 42.5 Å². The molecule has 0 aliphatic rings. The number of benzene rings is 2. The lowest BCUT2D eigenvalue weighted by atomic mass is 10.2. The number of thiocarbonyl (C=S) groups is 1. The highest BCUT2D eigenvalue weighted by Crippen LogP contribution is 2.21. The summed E-state index contributed by atoms with van der Waals surface area (Å²) in [6.45, 7) is 0. The van der Waals surface area contributed by atoms with Gasteiger partial charge in [0.25, 0.3) is 11.6 Å². The van der Waals surface area contributed by atoms with Gasteiger partial charge in [0.2, 0.25) is 0 Å². The fraction of sp³-hybridized carbons (Fsp3) is 0. The average Bonchev–Trinajstić information content (AvgIpc) is 2.55. The zero-order valence-corrected chi connectivity index (χ0v) is 14.2. The van der Waals surface area contributed by atoms with Crippen LogP contribution in [0.2, 0.25) is 10.0 Å². The molecule has 0 saturated heterocycles. The van der Waals surface area contributed by atoms with E-state index >= 15 is 0 Å². The van der Waals surface area contributed by atoms with Crippen molar-refractivity contribution < 1.29 is 9.72 Å². The highest BCUT2D eigenvalue weighted by atomic mass is 35.5. The van der Waals surface area contributed by atoms with Crippen LogP contribution in [0.1, 0.15) is 10.4 Å². The summed E-state index contributed by atoms with van der Waals surface area (Å²) in [6, 6.07) is 10.3. The molecule has 3 N–H and O–H groups in total. The Morgan fingerprint density at radius 3 is 2.38 bits per heavy atom. The summed E-state index contributed by atoms with van der Waals surface area (Å²) >= 11 is 16.7. The first kappa shape index (κ1) is 17.9. The third-order valence-electron chi connectivity index (χ3n) is 2.80. The monoisotopic (exact) mass is 384 g/mol. The summed E-state index contributed by atoms with van der Waals surface area (Å²) in [4.78, 5) is 22.2. The number of hydrogen-bond donors (Lipinski definition) is 3. The van der Waals surface area contributed by atoms with Crippen LogP contribution in [0.3, 0.4) is 0 Å². The predicted molar refractivity (Wildman–Crippen MR) is 96.4 cm³/mol. The lowest BCUT2D eigenvalue weighted by Gasteiger charge is -2.12. The van der Waals surface area contributed by atoms with E-state index in [0.717, 1.165) is 6.07 Å². The Balaban J connectivity index is 1.97. The molecule has 2 rings (SSSR count). The molecule has 10 heteroatoms. The highest BCUT2D eigenvalue weighted by molar-refractivity contribution is 7.80. The minimum atomic E-state index is -0.663. The van der Waals surface area contributed by atoms with E-state index in [1.807, 2.05) is 0 Å². The Bertz CT molecular complexity index is 799. The Kier molecular flexibility index (Phi) is 5.91. The highest BCUT2D eigenvalue weighted by Gasteiger charge is 2.15. The van der Waals surface area contributed by atoms with Crippen molar-refractivity contribution in [3.05, 3.63) is 68.2 Å². The van der Waals surface area contributed by atoms with Crippen molar-refractivity contribution in [3.63, 3.8) is 0 Å². The van der Waals surface area contributed by atoms with Gasteiger partial charge in [0.1, 0.15) is 0 Å². The van der Waals surface area contributed by atoms with E-state index in [0.29, 0.717) is 10.7 Å². The van der Waals surface area contributed by atoms with Gasteiger partial charge in [0.15, 0.2) is 5.11 Å². The average molecular weight is 385 g/mol. The van der Waals surface area contributed by atoms with Gasteiger partial charge in [-0.1, -0.05) is 23.2 Å². The van der Waals surface area contributed by atoms with Gasteiger partial charge in [-0.15, -0.1) is 0 Å². The van der Waals surface area contributed by atoms with Crippen LogP contribution in [0.4, 0.5) is 11.4 Å². The van der Waals surface area contributed by atoms with Crippen LogP contribution in [-0.2, 0) is 0 Å². The molecule has 0 fully saturated rings. The van der Waals surface area contributed by atoms with Crippen LogP contribution < -0.4 is 16.2 Å². The van der Waals surface area contributed by atoms with Crippen LogP contribution in [0.15, 0.2) is 42.5 Å². The summed E-state index contributed by atoms with van der Waals surface area (Å²) in [5.74, 6) is -0.663. The maximum Gasteiger partial charge on any atom is 0.271 e. The number of carbonyl (C=O) groups excluding carboxylic acids is 1. The van der Waals surface area contributed by atoms with Gasteiger partial charge in [-0.25, -0.2) is 0 Å². The molecule has 0 unspecified atom stereocenters. The second-order valence-electron chi connectivity index (χ2n) is 4.46. The number of amides is 1. The van der Waals surface area contributed by atoms with Gasteiger partial charge in [0, 0.05) is 22.8 Å². The van der Waals surface area contributed by atoms with Crippen molar-refractivity contribution in [2.75, 3.05) is 5.32 Å². The minimum Gasteiger partial charge on any atom is -0.331 e. The molecule has 0 heterocycles. The van der Waals surface area contributed by atoms with Crippen molar-refractivity contribution in [2.45, 2.75) is 0 Å². The smallest absolute Gasteiger partial charge is 0.271 e. The molecule has 0 spiro atoms. The second-order valence-corrected chi connectivity index (χ2v) is 5.71. The number of hydrazine groups is 1. The number of nitro benzene ring substituents is 1. The van der Waals surface area contributed by atoms with E-state index in [2.05, 4.69) is 16.2 Å². The fourth-order valence-electron chi connectivity index (χ4n) is 1.68. The predicted octanol–water partition coefficient (Wildman–Crippen LogP) is 3.53. The Morgan fingerprint density at radius 1 is 1.08 bits per heavy atom. The van der Waals surface area contributed by atoms with E-state index in [9.17, 15) is 14.9 Å². The second kappa shape index (κ2) is 7.91. The molecule has 1 amide bonds. The number of hydrogen-bond acceptors (Lipinski definition) is 4. The van der Waals surface area contributed by atoms with E-state index in [1.54, 1.807) is 24.3 Å². The van der Waals surface area contributed by atoms with Crippen molar-refractivity contribution in [2.24, 2.45) is 0 Å². The molecule has 124 valence electrons. The number of anilines is 1. The zero-order chi connectivity index (χ0) is 17.7. The quantitative estimate of drug-likeness (QED) is 0.425. The van der Waals surface area contributed by atoms with Crippen molar-refractivity contribution in [1.82, 2.24) is 10.9 Å². The lowest BCUT2D eigenvalue weighted by Crippen LogP contribution is -2.43. The van der Waals surface area contributed by atoms with Crippen LogP contribution in [0.5, 0.6) is 0 Å². The number of carbonyl (C=O) groups is 1. The van der Waals surface area contributed by atoms with Gasteiger partial charge in [-0.2, -0.15) is 0 Å². The summed E-state index contributed by atoms with van der Waals surface area (Å²) < 4.78 is 0. The zero-order valence-electron chi connectivity index (χ0n) is 11.9. The third kappa shape index (κ3) is 4.79. The first-order chi connectivity index (χ1) is 11.4. The topological polar surface area (TPSA) is 96.3 Å². The van der Waals surface area contributed by atoms with E-state index in [4.69, 9.17) is 35.4 Å². The van der Waals surface area contributed by atoms with E-state index in [-0.39, 0.29) is 21.4 Å². The van der Waals surface area contributed by atoms with E-state index < -0.39 is 10.8 Å². The molecule has 24 heavy (non-hydrogen) atoms. The number of non-ortho nitro benzene ring substituents is 1. The van der Waals surface area contributed by atoms with Crippen molar-refractivity contribution in [1.29, 1.82) is 0 Å². The van der Waals surface area contributed by atoms with Crippen LogP contribution >= 0.6 is 35.4 Å². The maximum absolute atomic E-state index is 12.1. The molecule has 0 saturated carbocycles. The molecule has 0 aliphatic heterocycles. The lowest BCUT2D eigenvalue weighted by molar-refractivity contribution is -0.384. The number of nitro groups is 1. The molecule has 0 aromatic heterocycles. The largest absolute Gasteiger partial charge is 0.331 e. The fourth-order valence-corrected chi connectivity index (χ4v) is 2.18. The van der Waals surface area contributed by atoms with Crippen LogP contribution in [-0.4, -0.2) is 15.9 Å². The van der Waals surface area contributed by atoms with Gasteiger partial charge < -0.3 is 5.32 Å². The summed E-state index contributed by atoms with van der Waals surface area (Å²) in [7, 11) is 0. The van der Waals surface area contributed by atoms with Crippen molar-refractivity contribution >= 4 is 57.8 Å². The minimum absolute atomic E-state index is 0.0485.